The number of aromatic amines is 1. The Morgan fingerprint density at radius 2 is 1.76 bits per heavy atom. The summed E-state index contributed by atoms with van der Waals surface area (Å²) in [5.41, 5.74) is 0.585. The maximum absolute atomic E-state index is 10.9. The minimum atomic E-state index is -0.998. The molecule has 0 aromatic carbocycles. The predicted octanol–water partition coefficient (Wildman–Crippen LogP) is 4.36. The van der Waals surface area contributed by atoms with Crippen LogP contribution in [0.25, 0.3) is 0 Å². The molecular weight excluding hydrogens is 360 g/mol. The quantitative estimate of drug-likeness (QED) is 0.535. The van der Waals surface area contributed by atoms with Gasteiger partial charge in [0.25, 0.3) is 0 Å². The Labute approximate surface area is 155 Å². The molecule has 0 radical (unpaired) electrons. The van der Waals surface area contributed by atoms with Crippen LogP contribution in [0.1, 0.15) is 41.5 Å². The highest BCUT2D eigenvalue weighted by Crippen LogP contribution is 2.27. The van der Waals surface area contributed by atoms with Crippen molar-refractivity contribution in [3.63, 3.8) is 0 Å². The van der Waals surface area contributed by atoms with Crippen LogP contribution < -0.4 is 0 Å². The van der Waals surface area contributed by atoms with Gasteiger partial charge in [-0.05, 0) is 29.7 Å². The summed E-state index contributed by atoms with van der Waals surface area (Å²) in [5, 5.41) is 18.0. The molecule has 0 unspecified atom stereocenters. The van der Waals surface area contributed by atoms with Crippen LogP contribution in [0, 0.1) is 10.1 Å². The summed E-state index contributed by atoms with van der Waals surface area (Å²) < 4.78 is 0.259. The number of thioether (sulfide) groups is 1. The van der Waals surface area contributed by atoms with E-state index in [0.29, 0.717) is 5.03 Å². The Hall–Kier alpha value is -2.19. The largest absolute Gasteiger partial charge is 0.478 e. The maximum Gasteiger partial charge on any atom is 0.338 e. The molecule has 0 fully saturated rings. The fraction of sp³-hybridized carbons (Fsp3) is 0.294. The third-order valence-corrected chi connectivity index (χ3v) is 4.64. The summed E-state index contributed by atoms with van der Waals surface area (Å²) in [4.78, 5) is 27.9. The molecule has 0 aliphatic carbocycles. The highest BCUT2D eigenvalue weighted by Gasteiger charge is 2.15. The van der Waals surface area contributed by atoms with Crippen molar-refractivity contribution in [2.45, 2.75) is 25.8 Å². The molecule has 6 nitrogen and oxygen atoms in total. The zero-order valence-corrected chi connectivity index (χ0v) is 15.8. The van der Waals surface area contributed by atoms with E-state index >= 15 is 0 Å². The van der Waals surface area contributed by atoms with Crippen LogP contribution in [0.4, 0.5) is 0 Å². The lowest BCUT2D eigenvalue weighted by atomic mass is 10.0. The van der Waals surface area contributed by atoms with Gasteiger partial charge in [0.2, 0.25) is 0 Å². The zero-order chi connectivity index (χ0) is 19.0. The smallest absolute Gasteiger partial charge is 0.338 e. The predicted molar refractivity (Wildman–Crippen MR) is 100.0 cm³/mol. The first kappa shape index (κ1) is 20.9. The van der Waals surface area contributed by atoms with E-state index in [2.05, 4.69) is 30.7 Å². The number of aromatic nitrogens is 2. The van der Waals surface area contributed by atoms with Gasteiger partial charge in [-0.15, -0.1) is 11.8 Å². The van der Waals surface area contributed by atoms with Crippen molar-refractivity contribution in [2.24, 2.45) is 5.41 Å². The molecule has 2 rings (SSSR count). The Morgan fingerprint density at radius 3 is 2.24 bits per heavy atom. The number of H-pyrrole nitrogens is 1. The number of nitrogens with one attached hydrogen (secondary N) is 1. The van der Waals surface area contributed by atoms with Crippen LogP contribution in [-0.2, 0) is 0 Å². The van der Waals surface area contributed by atoms with Crippen LogP contribution in [0.3, 0.4) is 0 Å². The molecule has 0 aliphatic rings. The molecule has 8 heteroatoms. The third-order valence-electron chi connectivity index (χ3n) is 2.69. The highest BCUT2D eigenvalue weighted by atomic mass is 32.2. The molecule has 2 heterocycles. The van der Waals surface area contributed by atoms with Gasteiger partial charge in [-0.2, -0.15) is 0 Å². The van der Waals surface area contributed by atoms with Crippen molar-refractivity contribution in [1.29, 1.82) is 0 Å². The molecule has 0 saturated heterocycles. The van der Waals surface area contributed by atoms with Crippen LogP contribution in [0.5, 0.6) is 0 Å². The minimum Gasteiger partial charge on any atom is -0.478 e. The molecular formula is C17H20N2O4S2. The topological polar surface area (TPSA) is 103 Å². The molecule has 0 saturated carbocycles. The number of pyridine rings is 2. The van der Waals surface area contributed by atoms with Crippen molar-refractivity contribution >= 4 is 35.9 Å². The van der Waals surface area contributed by atoms with Crippen molar-refractivity contribution < 1.29 is 19.8 Å². The van der Waals surface area contributed by atoms with Crippen molar-refractivity contribution in [1.82, 2.24) is 9.97 Å². The van der Waals surface area contributed by atoms with E-state index in [1.165, 1.54) is 17.8 Å². The number of carboxylic acid groups (broad SMARTS) is 2. The number of rotatable bonds is 4. The lowest BCUT2D eigenvalue weighted by Gasteiger charge is -2.17. The lowest BCUT2D eigenvalue weighted by molar-refractivity contribution is 0.0683. The standard InChI is InChI=1S/C11H15NO2S.C6H5NO2S/c1-11(2,3)7-15-9-8(10(13)14)5-4-6-12-9;8-6(9)4-2-1-3-7-5(4)10/h4-6H,7H2,1-3H3,(H,13,14);1-3H,(H,7,10)(H,8,9). The molecule has 0 bridgehead atoms. The molecule has 0 atom stereocenters. The maximum atomic E-state index is 10.9. The molecule has 2 aromatic heterocycles. The van der Waals surface area contributed by atoms with Crippen LogP contribution in [0.15, 0.2) is 41.7 Å². The van der Waals surface area contributed by atoms with E-state index in [1.54, 1.807) is 30.6 Å². The number of hydrogen-bond acceptors (Lipinski definition) is 5. The second-order valence-electron chi connectivity index (χ2n) is 6.23. The molecule has 0 aliphatic heterocycles. The van der Waals surface area contributed by atoms with Gasteiger partial charge in [0.05, 0.1) is 11.1 Å². The summed E-state index contributed by atoms with van der Waals surface area (Å²) >= 11 is 6.18. The Kier molecular flexibility index (Phi) is 7.79. The Morgan fingerprint density at radius 1 is 1.16 bits per heavy atom. The van der Waals surface area contributed by atoms with Crippen LogP contribution >= 0.6 is 24.0 Å². The first-order valence-electron chi connectivity index (χ1n) is 7.34. The summed E-state index contributed by atoms with van der Waals surface area (Å²) in [5.74, 6) is -1.06. The number of nitrogens with zero attached hydrogens (tertiary/aromatic N) is 1. The van der Waals surface area contributed by atoms with Crippen LogP contribution in [0.2, 0.25) is 0 Å². The minimum absolute atomic E-state index is 0.137. The zero-order valence-electron chi connectivity index (χ0n) is 14.1. The summed E-state index contributed by atoms with van der Waals surface area (Å²) in [6.45, 7) is 6.34. The van der Waals surface area contributed by atoms with Gasteiger partial charge in [-0.1, -0.05) is 33.0 Å². The fourth-order valence-corrected chi connectivity index (χ4v) is 2.78. The average molecular weight is 380 g/mol. The number of hydrogen-bond donors (Lipinski definition) is 3. The van der Waals surface area contributed by atoms with Gasteiger partial charge in [-0.3, -0.25) is 0 Å². The van der Waals surface area contributed by atoms with Gasteiger partial charge in [-0.25, -0.2) is 14.6 Å². The van der Waals surface area contributed by atoms with Crippen LogP contribution in [-0.4, -0.2) is 37.9 Å². The van der Waals surface area contributed by atoms with Gasteiger partial charge >= 0.3 is 11.9 Å². The molecule has 134 valence electrons. The van der Waals surface area contributed by atoms with Gasteiger partial charge in [0.1, 0.15) is 9.67 Å². The van der Waals surface area contributed by atoms with Gasteiger partial charge in [0.15, 0.2) is 0 Å². The Balaban J connectivity index is 0.000000271. The fourth-order valence-electron chi connectivity index (χ4n) is 1.54. The second kappa shape index (κ2) is 9.33. The average Bonchev–Trinajstić information content (AvgIpc) is 2.53. The van der Waals surface area contributed by atoms with E-state index in [-0.39, 0.29) is 21.2 Å². The second-order valence-corrected chi connectivity index (χ2v) is 7.60. The number of carboxylic acids is 2. The van der Waals surface area contributed by atoms with E-state index < -0.39 is 11.9 Å². The van der Waals surface area contributed by atoms with Crippen molar-refractivity contribution in [3.8, 4) is 0 Å². The van der Waals surface area contributed by atoms with Gasteiger partial charge in [0, 0.05) is 18.1 Å². The number of aromatic carboxylic acids is 2. The van der Waals surface area contributed by atoms with Crippen molar-refractivity contribution in [2.75, 3.05) is 5.75 Å². The summed E-state index contributed by atoms with van der Waals surface area (Å²) in [6.07, 6.45) is 3.21. The molecule has 3 N–H and O–H groups in total. The molecule has 0 amide bonds. The molecule has 0 spiro atoms. The van der Waals surface area contributed by atoms with E-state index in [9.17, 15) is 9.59 Å². The van der Waals surface area contributed by atoms with Crippen molar-refractivity contribution in [3.05, 3.63) is 52.4 Å². The highest BCUT2D eigenvalue weighted by molar-refractivity contribution is 7.99. The first-order chi connectivity index (χ1) is 11.6. The van der Waals surface area contributed by atoms with E-state index in [4.69, 9.17) is 22.4 Å². The number of carbonyl (C=O) groups is 2. The lowest BCUT2D eigenvalue weighted by Crippen LogP contribution is -2.09. The SMILES string of the molecule is CC(C)(C)CSc1ncccc1C(=O)O.O=C(O)c1ccc[nH]c1=S. The van der Waals surface area contributed by atoms with Gasteiger partial charge < -0.3 is 15.2 Å². The first-order valence-corrected chi connectivity index (χ1v) is 8.73. The third kappa shape index (κ3) is 7.49. The van der Waals surface area contributed by atoms with E-state index in [0.717, 1.165) is 5.75 Å². The Bertz CT molecular complexity index is 797. The van der Waals surface area contributed by atoms with E-state index in [1.807, 2.05) is 0 Å². The normalized spacial score (nSPS) is 10.5. The molecule has 25 heavy (non-hydrogen) atoms. The monoisotopic (exact) mass is 380 g/mol. The molecule has 2 aromatic rings. The summed E-state index contributed by atoms with van der Waals surface area (Å²) in [6, 6.07) is 6.28. The summed E-state index contributed by atoms with van der Waals surface area (Å²) in [7, 11) is 0.